The Hall–Kier alpha value is -1.46. The van der Waals surface area contributed by atoms with Gasteiger partial charge in [0.1, 0.15) is 0 Å². The summed E-state index contributed by atoms with van der Waals surface area (Å²) < 4.78 is 15.8. The van der Waals surface area contributed by atoms with Crippen LogP contribution in [-0.4, -0.2) is 50.5 Å². The Balaban J connectivity index is 2.11. The van der Waals surface area contributed by atoms with Gasteiger partial charge in [-0.3, -0.25) is 4.90 Å². The first kappa shape index (κ1) is 14.9. The van der Waals surface area contributed by atoms with Gasteiger partial charge in [0.2, 0.25) is 5.75 Å². The summed E-state index contributed by atoms with van der Waals surface area (Å²) in [5.74, 6) is 0.937. The Morgan fingerprint density at radius 1 is 1.20 bits per heavy atom. The Morgan fingerprint density at radius 2 is 1.75 bits per heavy atom. The molecular formula is C15H23NO4. The molecular weight excluding hydrogens is 258 g/mol. The minimum Gasteiger partial charge on any atom is -0.502 e. The second-order valence-corrected chi connectivity index (χ2v) is 5.11. The normalized spacial score (nSPS) is 16.4. The highest BCUT2D eigenvalue weighted by atomic mass is 16.5. The lowest BCUT2D eigenvalue weighted by Gasteiger charge is -2.31. The molecule has 1 aliphatic rings. The molecule has 1 heterocycles. The van der Waals surface area contributed by atoms with E-state index < -0.39 is 0 Å². The summed E-state index contributed by atoms with van der Waals surface area (Å²) in [6.07, 6.45) is 2.12. The molecule has 0 aliphatic carbocycles. The number of aromatic hydroxyl groups is 1. The molecule has 0 bridgehead atoms. The predicted octanol–water partition coefficient (Wildman–Crippen LogP) is 2.02. The number of phenols is 1. The van der Waals surface area contributed by atoms with Crippen LogP contribution in [0.2, 0.25) is 0 Å². The Labute approximate surface area is 120 Å². The molecule has 5 nitrogen and oxygen atoms in total. The molecule has 1 fully saturated rings. The number of ether oxygens (including phenoxy) is 3. The molecule has 112 valence electrons. The average molecular weight is 281 g/mol. The van der Waals surface area contributed by atoms with Crippen molar-refractivity contribution < 1.29 is 19.3 Å². The summed E-state index contributed by atoms with van der Waals surface area (Å²) in [6, 6.07) is 4.25. The van der Waals surface area contributed by atoms with Crippen LogP contribution < -0.4 is 9.47 Å². The Kier molecular flexibility index (Phi) is 5.09. The van der Waals surface area contributed by atoms with Crippen LogP contribution in [0.4, 0.5) is 0 Å². The van der Waals surface area contributed by atoms with Gasteiger partial charge in [0.25, 0.3) is 0 Å². The SMILES string of the molecule is COc1cc(CN(C)C2CCOCC2)cc(OC)c1O. The third-order valence-corrected chi connectivity index (χ3v) is 3.79. The number of hydrogen-bond donors (Lipinski definition) is 1. The first-order valence-corrected chi connectivity index (χ1v) is 6.87. The zero-order valence-corrected chi connectivity index (χ0v) is 12.4. The Bertz CT molecular complexity index is 418. The van der Waals surface area contributed by atoms with Gasteiger partial charge in [0, 0.05) is 25.8 Å². The van der Waals surface area contributed by atoms with Crippen LogP contribution in [0, 0.1) is 0 Å². The highest BCUT2D eigenvalue weighted by Crippen LogP contribution is 2.37. The van der Waals surface area contributed by atoms with Crippen LogP contribution in [-0.2, 0) is 11.3 Å². The van der Waals surface area contributed by atoms with E-state index in [2.05, 4.69) is 11.9 Å². The molecule has 1 aliphatic heterocycles. The van der Waals surface area contributed by atoms with Gasteiger partial charge in [0.15, 0.2) is 11.5 Å². The summed E-state index contributed by atoms with van der Waals surface area (Å²) in [6.45, 7) is 2.45. The molecule has 1 aromatic carbocycles. The van der Waals surface area contributed by atoms with Gasteiger partial charge < -0.3 is 19.3 Å². The largest absolute Gasteiger partial charge is 0.502 e. The number of rotatable bonds is 5. The lowest BCUT2D eigenvalue weighted by atomic mass is 10.1. The van der Waals surface area contributed by atoms with Crippen molar-refractivity contribution in [1.29, 1.82) is 0 Å². The zero-order chi connectivity index (χ0) is 14.5. The van der Waals surface area contributed by atoms with Crippen LogP contribution in [0.3, 0.4) is 0 Å². The van der Waals surface area contributed by atoms with Gasteiger partial charge >= 0.3 is 0 Å². The van der Waals surface area contributed by atoms with Crippen molar-refractivity contribution in [2.75, 3.05) is 34.5 Å². The van der Waals surface area contributed by atoms with Gasteiger partial charge in [0.05, 0.1) is 14.2 Å². The van der Waals surface area contributed by atoms with Crippen molar-refractivity contribution in [3.8, 4) is 17.2 Å². The number of benzene rings is 1. The van der Waals surface area contributed by atoms with Crippen molar-refractivity contribution in [3.63, 3.8) is 0 Å². The van der Waals surface area contributed by atoms with E-state index >= 15 is 0 Å². The maximum absolute atomic E-state index is 9.92. The van der Waals surface area contributed by atoms with Crippen LogP contribution in [0.5, 0.6) is 17.2 Å². The van der Waals surface area contributed by atoms with E-state index in [1.54, 1.807) is 14.2 Å². The second kappa shape index (κ2) is 6.81. The van der Waals surface area contributed by atoms with E-state index in [4.69, 9.17) is 14.2 Å². The van der Waals surface area contributed by atoms with E-state index in [0.717, 1.165) is 38.2 Å². The van der Waals surface area contributed by atoms with Crippen molar-refractivity contribution in [2.45, 2.75) is 25.4 Å². The highest BCUT2D eigenvalue weighted by molar-refractivity contribution is 5.52. The molecule has 1 saturated heterocycles. The van der Waals surface area contributed by atoms with Crippen LogP contribution in [0.15, 0.2) is 12.1 Å². The van der Waals surface area contributed by atoms with Crippen LogP contribution in [0.1, 0.15) is 18.4 Å². The second-order valence-electron chi connectivity index (χ2n) is 5.11. The molecule has 0 aromatic heterocycles. The number of methoxy groups -OCH3 is 2. The monoisotopic (exact) mass is 281 g/mol. The zero-order valence-electron chi connectivity index (χ0n) is 12.4. The van der Waals surface area contributed by atoms with E-state index in [-0.39, 0.29) is 5.75 Å². The van der Waals surface area contributed by atoms with Crippen LogP contribution >= 0.6 is 0 Å². The summed E-state index contributed by atoms with van der Waals surface area (Å²) >= 11 is 0. The van der Waals surface area contributed by atoms with E-state index in [1.807, 2.05) is 12.1 Å². The van der Waals surface area contributed by atoms with Crippen molar-refractivity contribution in [2.24, 2.45) is 0 Å². The van der Waals surface area contributed by atoms with E-state index in [1.165, 1.54) is 0 Å². The Morgan fingerprint density at radius 3 is 2.25 bits per heavy atom. The molecule has 2 rings (SSSR count). The molecule has 0 saturated carbocycles. The first-order chi connectivity index (χ1) is 9.65. The molecule has 0 radical (unpaired) electrons. The molecule has 0 atom stereocenters. The van der Waals surface area contributed by atoms with Crippen molar-refractivity contribution in [3.05, 3.63) is 17.7 Å². The fraction of sp³-hybridized carbons (Fsp3) is 0.600. The van der Waals surface area contributed by atoms with Crippen LogP contribution in [0.25, 0.3) is 0 Å². The number of phenolic OH excluding ortho intramolecular Hbond substituents is 1. The summed E-state index contributed by atoms with van der Waals surface area (Å²) in [5.41, 5.74) is 1.06. The maximum Gasteiger partial charge on any atom is 0.200 e. The van der Waals surface area contributed by atoms with Gasteiger partial charge in [-0.2, -0.15) is 0 Å². The van der Waals surface area contributed by atoms with E-state index in [0.29, 0.717) is 17.5 Å². The van der Waals surface area contributed by atoms with Crippen molar-refractivity contribution in [1.82, 2.24) is 4.90 Å². The molecule has 0 unspecified atom stereocenters. The third-order valence-electron chi connectivity index (χ3n) is 3.79. The quantitative estimate of drug-likeness (QED) is 0.895. The van der Waals surface area contributed by atoms with Gasteiger partial charge in [-0.15, -0.1) is 0 Å². The van der Waals surface area contributed by atoms with Gasteiger partial charge in [-0.05, 0) is 37.6 Å². The van der Waals surface area contributed by atoms with Gasteiger partial charge in [-0.25, -0.2) is 0 Å². The summed E-state index contributed by atoms with van der Waals surface area (Å²) in [5, 5.41) is 9.92. The number of hydrogen-bond acceptors (Lipinski definition) is 5. The molecule has 0 spiro atoms. The fourth-order valence-corrected chi connectivity index (χ4v) is 2.58. The van der Waals surface area contributed by atoms with Gasteiger partial charge in [-0.1, -0.05) is 0 Å². The predicted molar refractivity (Wildman–Crippen MR) is 76.5 cm³/mol. The fourth-order valence-electron chi connectivity index (χ4n) is 2.58. The third kappa shape index (κ3) is 3.35. The average Bonchev–Trinajstić information content (AvgIpc) is 2.49. The highest BCUT2D eigenvalue weighted by Gasteiger charge is 2.19. The molecule has 20 heavy (non-hydrogen) atoms. The van der Waals surface area contributed by atoms with Crippen molar-refractivity contribution >= 4 is 0 Å². The molecule has 5 heteroatoms. The minimum atomic E-state index is 0.0486. The summed E-state index contributed by atoms with van der Waals surface area (Å²) in [4.78, 5) is 2.31. The minimum absolute atomic E-state index is 0.0486. The molecule has 1 N–H and O–H groups in total. The summed E-state index contributed by atoms with van der Waals surface area (Å²) in [7, 11) is 5.20. The lowest BCUT2D eigenvalue weighted by molar-refractivity contribution is 0.0406. The van der Waals surface area contributed by atoms with E-state index in [9.17, 15) is 5.11 Å². The molecule has 0 amide bonds. The smallest absolute Gasteiger partial charge is 0.200 e. The number of nitrogens with zero attached hydrogens (tertiary/aromatic N) is 1. The topological polar surface area (TPSA) is 51.2 Å². The molecule has 1 aromatic rings. The first-order valence-electron chi connectivity index (χ1n) is 6.87. The standard InChI is InChI=1S/C15H23NO4/c1-16(12-4-6-20-7-5-12)10-11-8-13(18-2)15(17)14(9-11)19-3/h8-9,12,17H,4-7,10H2,1-3H3. The lowest BCUT2D eigenvalue weighted by Crippen LogP contribution is -2.36. The maximum atomic E-state index is 9.92.